The number of methoxy groups -OCH3 is 1. The van der Waals surface area contributed by atoms with Gasteiger partial charge in [0.1, 0.15) is 18.2 Å². The van der Waals surface area contributed by atoms with Gasteiger partial charge in [-0.05, 0) is 49.7 Å². The van der Waals surface area contributed by atoms with E-state index < -0.39 is 0 Å². The van der Waals surface area contributed by atoms with Crippen LogP contribution < -0.4 is 14.2 Å². The molecular formula is C25H26N2O3. The third kappa shape index (κ3) is 4.57. The molecule has 0 unspecified atom stereocenters. The van der Waals surface area contributed by atoms with Gasteiger partial charge in [-0.15, -0.1) is 0 Å². The lowest BCUT2D eigenvalue weighted by Gasteiger charge is -2.13. The molecule has 154 valence electrons. The van der Waals surface area contributed by atoms with Crippen LogP contribution >= 0.6 is 0 Å². The number of hydrogen-bond acceptors (Lipinski definition) is 4. The number of benzene rings is 3. The van der Waals surface area contributed by atoms with Crippen LogP contribution in [0.3, 0.4) is 0 Å². The molecule has 5 nitrogen and oxygen atoms in total. The van der Waals surface area contributed by atoms with Crippen molar-refractivity contribution in [2.24, 2.45) is 0 Å². The number of nitrogens with zero attached hydrogens (tertiary/aromatic N) is 2. The lowest BCUT2D eigenvalue weighted by Crippen LogP contribution is -2.10. The number of ether oxygens (including phenoxy) is 3. The van der Waals surface area contributed by atoms with E-state index in [4.69, 9.17) is 19.2 Å². The molecule has 0 N–H and O–H groups in total. The van der Waals surface area contributed by atoms with E-state index in [0.717, 1.165) is 35.6 Å². The molecule has 0 bridgehead atoms. The minimum atomic E-state index is 0.369. The Morgan fingerprint density at radius 3 is 2.37 bits per heavy atom. The van der Waals surface area contributed by atoms with Gasteiger partial charge in [0.2, 0.25) is 0 Å². The third-order valence-corrected chi connectivity index (χ3v) is 4.98. The first kappa shape index (κ1) is 19.8. The normalized spacial score (nSPS) is 10.9. The van der Waals surface area contributed by atoms with Crippen molar-refractivity contribution < 1.29 is 14.2 Å². The van der Waals surface area contributed by atoms with Gasteiger partial charge in [0, 0.05) is 6.54 Å². The van der Waals surface area contributed by atoms with Crippen LogP contribution in [0, 0.1) is 6.92 Å². The third-order valence-electron chi connectivity index (χ3n) is 4.98. The van der Waals surface area contributed by atoms with E-state index in [1.807, 2.05) is 54.6 Å². The number of imidazole rings is 1. The maximum Gasteiger partial charge on any atom is 0.161 e. The quantitative estimate of drug-likeness (QED) is 0.352. The van der Waals surface area contributed by atoms with Crippen LogP contribution in [0.5, 0.6) is 17.2 Å². The Kier molecular flexibility index (Phi) is 6.18. The second-order valence-corrected chi connectivity index (χ2v) is 7.12. The summed E-state index contributed by atoms with van der Waals surface area (Å²) in [6.07, 6.45) is 0.871. The van der Waals surface area contributed by atoms with Crippen LogP contribution in [-0.2, 0) is 13.2 Å². The molecule has 30 heavy (non-hydrogen) atoms. The van der Waals surface area contributed by atoms with Crippen molar-refractivity contribution >= 4 is 11.0 Å². The minimum absolute atomic E-state index is 0.369. The highest BCUT2D eigenvalue weighted by atomic mass is 16.5. The highest BCUT2D eigenvalue weighted by Crippen LogP contribution is 2.27. The van der Waals surface area contributed by atoms with E-state index in [0.29, 0.717) is 24.7 Å². The maximum atomic E-state index is 6.03. The van der Waals surface area contributed by atoms with E-state index >= 15 is 0 Å². The molecule has 0 amide bonds. The van der Waals surface area contributed by atoms with Crippen LogP contribution in [0.4, 0.5) is 0 Å². The molecule has 0 spiro atoms. The molecule has 4 aromatic rings. The van der Waals surface area contributed by atoms with Crippen molar-refractivity contribution in [2.75, 3.05) is 13.7 Å². The lowest BCUT2D eigenvalue weighted by atomic mass is 10.2. The number of aryl methyl sites for hydroxylation is 2. The van der Waals surface area contributed by atoms with Gasteiger partial charge in [0.25, 0.3) is 0 Å². The summed E-state index contributed by atoms with van der Waals surface area (Å²) < 4.78 is 19.5. The molecule has 1 aromatic heterocycles. The monoisotopic (exact) mass is 402 g/mol. The van der Waals surface area contributed by atoms with Gasteiger partial charge < -0.3 is 18.8 Å². The first-order valence-corrected chi connectivity index (χ1v) is 10.1. The molecule has 5 heteroatoms. The van der Waals surface area contributed by atoms with Gasteiger partial charge in [-0.3, -0.25) is 0 Å². The summed E-state index contributed by atoms with van der Waals surface area (Å²) in [5.41, 5.74) is 3.30. The molecule has 0 radical (unpaired) electrons. The maximum absolute atomic E-state index is 6.03. The molecule has 0 saturated carbocycles. The Bertz CT molecular complexity index is 1100. The second kappa shape index (κ2) is 9.35. The summed E-state index contributed by atoms with van der Waals surface area (Å²) in [4.78, 5) is 4.79. The Hall–Kier alpha value is -3.47. The fourth-order valence-corrected chi connectivity index (χ4v) is 3.41. The molecule has 0 aliphatic rings. The van der Waals surface area contributed by atoms with Crippen LogP contribution in [0.15, 0.2) is 72.8 Å². The summed E-state index contributed by atoms with van der Waals surface area (Å²) >= 11 is 0. The Labute approximate surface area is 176 Å². The highest BCUT2D eigenvalue weighted by Gasteiger charge is 2.12. The topological polar surface area (TPSA) is 45.5 Å². The smallest absolute Gasteiger partial charge is 0.161 e. The van der Waals surface area contributed by atoms with Crippen LogP contribution in [0.25, 0.3) is 11.0 Å². The fraction of sp³-hybridized carbons (Fsp3) is 0.240. The average molecular weight is 402 g/mol. The highest BCUT2D eigenvalue weighted by molar-refractivity contribution is 5.75. The van der Waals surface area contributed by atoms with Crippen LogP contribution in [-0.4, -0.2) is 23.3 Å². The van der Waals surface area contributed by atoms with Crippen molar-refractivity contribution in [3.63, 3.8) is 0 Å². The van der Waals surface area contributed by atoms with Crippen LogP contribution in [0.1, 0.15) is 17.8 Å². The predicted molar refractivity (Wildman–Crippen MR) is 118 cm³/mol. The van der Waals surface area contributed by atoms with Crippen molar-refractivity contribution in [3.8, 4) is 17.2 Å². The van der Waals surface area contributed by atoms with E-state index in [9.17, 15) is 0 Å². The second-order valence-electron chi connectivity index (χ2n) is 7.12. The SMILES string of the molecule is COc1ccccc1OCc1nc2ccccc2n1CCCOc1ccc(C)cc1. The number of fused-ring (bicyclic) bond motifs is 1. The summed E-state index contributed by atoms with van der Waals surface area (Å²) in [7, 11) is 1.64. The zero-order valence-electron chi connectivity index (χ0n) is 17.4. The summed E-state index contributed by atoms with van der Waals surface area (Å²) in [6, 6.07) is 24.0. The van der Waals surface area contributed by atoms with Gasteiger partial charge in [-0.1, -0.05) is 42.0 Å². The molecule has 0 atom stereocenters. The van der Waals surface area contributed by atoms with Crippen LogP contribution in [0.2, 0.25) is 0 Å². The molecule has 0 fully saturated rings. The van der Waals surface area contributed by atoms with Gasteiger partial charge in [-0.2, -0.15) is 0 Å². The van der Waals surface area contributed by atoms with E-state index in [2.05, 4.69) is 29.7 Å². The van der Waals surface area contributed by atoms with Gasteiger partial charge >= 0.3 is 0 Å². The summed E-state index contributed by atoms with van der Waals surface area (Å²) in [5.74, 6) is 3.21. The first-order chi connectivity index (χ1) is 14.7. The van der Waals surface area contributed by atoms with Gasteiger partial charge in [-0.25, -0.2) is 4.98 Å². The number of rotatable bonds is 9. The molecule has 1 heterocycles. The minimum Gasteiger partial charge on any atom is -0.494 e. The summed E-state index contributed by atoms with van der Waals surface area (Å²) in [6.45, 7) is 3.88. The molecule has 0 saturated heterocycles. The Morgan fingerprint density at radius 2 is 1.57 bits per heavy atom. The fourth-order valence-electron chi connectivity index (χ4n) is 3.41. The number of hydrogen-bond donors (Lipinski definition) is 0. The zero-order chi connectivity index (χ0) is 20.8. The van der Waals surface area contributed by atoms with E-state index in [1.165, 1.54) is 5.56 Å². The van der Waals surface area contributed by atoms with Gasteiger partial charge in [0.05, 0.1) is 24.8 Å². The number of para-hydroxylation sites is 4. The summed E-state index contributed by atoms with van der Waals surface area (Å²) in [5, 5.41) is 0. The van der Waals surface area contributed by atoms with Crippen molar-refractivity contribution in [1.29, 1.82) is 0 Å². The van der Waals surface area contributed by atoms with Gasteiger partial charge in [0.15, 0.2) is 11.5 Å². The van der Waals surface area contributed by atoms with E-state index in [1.54, 1.807) is 7.11 Å². The lowest BCUT2D eigenvalue weighted by molar-refractivity contribution is 0.267. The van der Waals surface area contributed by atoms with Crippen molar-refractivity contribution in [1.82, 2.24) is 9.55 Å². The zero-order valence-corrected chi connectivity index (χ0v) is 17.4. The standard InChI is InChI=1S/C25H26N2O3/c1-19-12-14-20(15-13-19)29-17-7-16-27-22-9-4-3-8-21(22)26-25(27)18-30-24-11-6-5-10-23(24)28-2/h3-6,8-15H,7,16-18H2,1-2H3. The average Bonchev–Trinajstić information content (AvgIpc) is 3.14. The molecular weight excluding hydrogens is 376 g/mol. The molecule has 0 aliphatic heterocycles. The van der Waals surface area contributed by atoms with Crippen molar-refractivity contribution in [3.05, 3.63) is 84.2 Å². The predicted octanol–water partition coefficient (Wildman–Crippen LogP) is 5.40. The first-order valence-electron chi connectivity index (χ1n) is 10.1. The Balaban J connectivity index is 1.45. The van der Waals surface area contributed by atoms with E-state index in [-0.39, 0.29) is 0 Å². The molecule has 4 rings (SSSR count). The molecule has 0 aliphatic carbocycles. The number of aromatic nitrogens is 2. The van der Waals surface area contributed by atoms with Crippen molar-refractivity contribution in [2.45, 2.75) is 26.5 Å². The molecule has 3 aromatic carbocycles. The Morgan fingerprint density at radius 1 is 0.833 bits per heavy atom. The largest absolute Gasteiger partial charge is 0.494 e.